The highest BCUT2D eigenvalue weighted by molar-refractivity contribution is 5.99. The van der Waals surface area contributed by atoms with Crippen molar-refractivity contribution in [3.63, 3.8) is 0 Å². The maximum absolute atomic E-state index is 12.1. The number of aromatic hydroxyl groups is 2. The van der Waals surface area contributed by atoms with Crippen molar-refractivity contribution in [2.45, 2.75) is 6.54 Å². The van der Waals surface area contributed by atoms with Crippen molar-refractivity contribution in [1.29, 1.82) is 0 Å². The first-order valence-corrected chi connectivity index (χ1v) is 5.38. The van der Waals surface area contributed by atoms with Crippen LogP contribution in [0.2, 0.25) is 0 Å². The lowest BCUT2D eigenvalue weighted by molar-refractivity contribution is 0.0769. The highest BCUT2D eigenvalue weighted by atomic mass is 16.3. The Morgan fingerprint density at radius 2 is 1.89 bits per heavy atom. The van der Waals surface area contributed by atoms with E-state index >= 15 is 0 Å². The topological polar surface area (TPSA) is 73.9 Å². The molecule has 0 spiro atoms. The Hall–Kier alpha value is -2.43. The van der Waals surface area contributed by atoms with Crippen LogP contribution < -0.4 is 0 Å². The minimum absolute atomic E-state index is 0.105. The number of nitrogens with zero attached hydrogens (tertiary/aromatic N) is 1. The number of hydrogen-bond acceptors (Lipinski definition) is 4. The average molecular weight is 247 g/mol. The fourth-order valence-electron chi connectivity index (χ4n) is 1.65. The number of phenols is 2. The summed E-state index contributed by atoms with van der Waals surface area (Å²) in [6, 6.07) is 7.65. The molecule has 5 heteroatoms. The van der Waals surface area contributed by atoms with Crippen LogP contribution in [0, 0.1) is 0 Å². The average Bonchev–Trinajstić information content (AvgIpc) is 2.81. The van der Waals surface area contributed by atoms with Gasteiger partial charge in [0.1, 0.15) is 22.8 Å². The predicted octanol–water partition coefficient (Wildman–Crippen LogP) is 1.96. The van der Waals surface area contributed by atoms with Gasteiger partial charge in [0.05, 0.1) is 12.8 Å². The van der Waals surface area contributed by atoms with Gasteiger partial charge in [-0.3, -0.25) is 4.79 Å². The molecular formula is C13H13NO4. The minimum atomic E-state index is -0.470. The van der Waals surface area contributed by atoms with Gasteiger partial charge < -0.3 is 19.5 Å². The Balaban J connectivity index is 2.21. The van der Waals surface area contributed by atoms with Gasteiger partial charge in [-0.1, -0.05) is 6.07 Å². The molecule has 0 unspecified atom stereocenters. The van der Waals surface area contributed by atoms with Crippen LogP contribution >= 0.6 is 0 Å². The van der Waals surface area contributed by atoms with Crippen molar-refractivity contribution in [3.05, 3.63) is 47.9 Å². The molecule has 2 N–H and O–H groups in total. The van der Waals surface area contributed by atoms with Crippen LogP contribution in [0.15, 0.2) is 41.0 Å². The summed E-state index contributed by atoms with van der Waals surface area (Å²) in [7, 11) is 1.57. The van der Waals surface area contributed by atoms with E-state index in [1.807, 2.05) is 0 Å². The molecule has 0 bridgehead atoms. The number of benzene rings is 1. The zero-order valence-corrected chi connectivity index (χ0v) is 9.83. The van der Waals surface area contributed by atoms with E-state index < -0.39 is 5.91 Å². The molecule has 0 aliphatic rings. The maximum Gasteiger partial charge on any atom is 0.261 e. The van der Waals surface area contributed by atoms with Crippen LogP contribution in [0.3, 0.4) is 0 Å². The lowest BCUT2D eigenvalue weighted by Gasteiger charge is -2.17. The summed E-state index contributed by atoms with van der Waals surface area (Å²) in [4.78, 5) is 13.4. The van der Waals surface area contributed by atoms with Crippen LogP contribution in [0.25, 0.3) is 0 Å². The molecule has 2 rings (SSSR count). The summed E-state index contributed by atoms with van der Waals surface area (Å²) in [6.45, 7) is 0.263. The third-order valence-corrected chi connectivity index (χ3v) is 2.55. The van der Waals surface area contributed by atoms with Crippen LogP contribution in [-0.4, -0.2) is 28.1 Å². The van der Waals surface area contributed by atoms with E-state index in [9.17, 15) is 15.0 Å². The number of amides is 1. The maximum atomic E-state index is 12.1. The summed E-state index contributed by atoms with van der Waals surface area (Å²) in [5.74, 6) is -0.333. The normalized spacial score (nSPS) is 10.3. The number of carbonyl (C=O) groups is 1. The SMILES string of the molecule is CN(Cc1ccco1)C(=O)c1c(O)cccc1O. The molecule has 0 fully saturated rings. The molecule has 0 saturated carbocycles. The van der Waals surface area contributed by atoms with Crippen molar-refractivity contribution < 1.29 is 19.4 Å². The van der Waals surface area contributed by atoms with E-state index in [1.165, 1.54) is 29.4 Å². The number of furan rings is 1. The zero-order chi connectivity index (χ0) is 13.1. The Morgan fingerprint density at radius 1 is 1.22 bits per heavy atom. The standard InChI is InChI=1S/C13H13NO4/c1-14(8-9-4-3-7-18-9)13(17)12-10(15)5-2-6-11(12)16/h2-7,15-16H,8H2,1H3. The number of carbonyl (C=O) groups excluding carboxylic acids is 1. The lowest BCUT2D eigenvalue weighted by atomic mass is 10.1. The zero-order valence-electron chi connectivity index (χ0n) is 9.83. The third-order valence-electron chi connectivity index (χ3n) is 2.55. The Labute approximate surface area is 104 Å². The molecular weight excluding hydrogens is 234 g/mol. The van der Waals surface area contributed by atoms with E-state index in [0.717, 1.165) is 0 Å². The Kier molecular flexibility index (Phi) is 3.23. The van der Waals surface area contributed by atoms with E-state index in [2.05, 4.69) is 0 Å². The van der Waals surface area contributed by atoms with Gasteiger partial charge in [-0.05, 0) is 24.3 Å². The molecule has 0 saturated heterocycles. The van der Waals surface area contributed by atoms with Crippen LogP contribution in [-0.2, 0) is 6.54 Å². The third kappa shape index (κ3) is 2.29. The summed E-state index contributed by atoms with van der Waals surface area (Å²) in [5.41, 5.74) is -0.105. The van der Waals surface area contributed by atoms with Crippen molar-refractivity contribution in [1.82, 2.24) is 4.90 Å². The molecule has 2 aromatic rings. The first-order chi connectivity index (χ1) is 8.59. The first kappa shape index (κ1) is 12.0. The van der Waals surface area contributed by atoms with Gasteiger partial charge >= 0.3 is 0 Å². The molecule has 1 amide bonds. The van der Waals surface area contributed by atoms with E-state index in [4.69, 9.17) is 4.42 Å². The largest absolute Gasteiger partial charge is 0.507 e. The van der Waals surface area contributed by atoms with E-state index in [1.54, 1.807) is 19.2 Å². The van der Waals surface area contributed by atoms with Crippen LogP contribution in [0.1, 0.15) is 16.1 Å². The Bertz CT molecular complexity index is 528. The minimum Gasteiger partial charge on any atom is -0.507 e. The molecule has 1 aromatic heterocycles. The quantitative estimate of drug-likeness (QED) is 0.869. The molecule has 1 heterocycles. The van der Waals surface area contributed by atoms with Gasteiger partial charge in [0.25, 0.3) is 5.91 Å². The molecule has 5 nitrogen and oxygen atoms in total. The molecule has 0 radical (unpaired) electrons. The van der Waals surface area contributed by atoms with Crippen molar-refractivity contribution in [3.8, 4) is 11.5 Å². The smallest absolute Gasteiger partial charge is 0.261 e. The van der Waals surface area contributed by atoms with Gasteiger partial charge in [-0.25, -0.2) is 0 Å². The molecule has 18 heavy (non-hydrogen) atoms. The highest BCUT2D eigenvalue weighted by Gasteiger charge is 2.20. The van der Waals surface area contributed by atoms with Gasteiger partial charge in [0.2, 0.25) is 0 Å². The van der Waals surface area contributed by atoms with Crippen LogP contribution in [0.4, 0.5) is 0 Å². The number of hydrogen-bond donors (Lipinski definition) is 2. The molecule has 0 aliphatic carbocycles. The van der Waals surface area contributed by atoms with Gasteiger partial charge in [0.15, 0.2) is 0 Å². The second-order valence-corrected chi connectivity index (χ2v) is 3.91. The highest BCUT2D eigenvalue weighted by Crippen LogP contribution is 2.27. The fourth-order valence-corrected chi connectivity index (χ4v) is 1.65. The summed E-state index contributed by atoms with van der Waals surface area (Å²) in [6.07, 6.45) is 1.52. The molecule has 1 aromatic carbocycles. The fraction of sp³-hybridized carbons (Fsp3) is 0.154. The van der Waals surface area contributed by atoms with Gasteiger partial charge in [-0.2, -0.15) is 0 Å². The molecule has 94 valence electrons. The first-order valence-electron chi connectivity index (χ1n) is 5.38. The second-order valence-electron chi connectivity index (χ2n) is 3.91. The molecule has 0 aliphatic heterocycles. The van der Waals surface area contributed by atoms with E-state index in [-0.39, 0.29) is 23.6 Å². The van der Waals surface area contributed by atoms with Crippen molar-refractivity contribution in [2.75, 3.05) is 7.05 Å². The van der Waals surface area contributed by atoms with E-state index in [0.29, 0.717) is 5.76 Å². The lowest BCUT2D eigenvalue weighted by Crippen LogP contribution is -2.26. The van der Waals surface area contributed by atoms with Crippen LogP contribution in [0.5, 0.6) is 11.5 Å². The summed E-state index contributed by atoms with van der Waals surface area (Å²) >= 11 is 0. The van der Waals surface area contributed by atoms with Crippen molar-refractivity contribution in [2.24, 2.45) is 0 Å². The van der Waals surface area contributed by atoms with Gasteiger partial charge in [-0.15, -0.1) is 0 Å². The summed E-state index contributed by atoms with van der Waals surface area (Å²) < 4.78 is 5.13. The monoisotopic (exact) mass is 247 g/mol. The van der Waals surface area contributed by atoms with Crippen molar-refractivity contribution >= 4 is 5.91 Å². The summed E-state index contributed by atoms with van der Waals surface area (Å²) in [5, 5.41) is 19.2. The predicted molar refractivity (Wildman–Crippen MR) is 64.3 cm³/mol. The number of rotatable bonds is 3. The number of phenolic OH excluding ortho intramolecular Hbond substituents is 2. The second kappa shape index (κ2) is 4.83. The van der Waals surface area contributed by atoms with Gasteiger partial charge in [0, 0.05) is 7.05 Å². The molecule has 0 atom stereocenters. The Morgan fingerprint density at radius 3 is 2.44 bits per heavy atom.